The van der Waals surface area contributed by atoms with Crippen LogP contribution in [0.25, 0.3) is 0 Å². The minimum Gasteiger partial charge on any atom is -0.322 e. The first-order valence-electron chi connectivity index (χ1n) is 7.17. The van der Waals surface area contributed by atoms with E-state index in [-0.39, 0.29) is 10.1 Å². The third-order valence-corrected chi connectivity index (χ3v) is 6.23. The van der Waals surface area contributed by atoms with E-state index in [4.69, 9.17) is 11.6 Å². The van der Waals surface area contributed by atoms with Crippen LogP contribution in [-0.4, -0.2) is 14.3 Å². The van der Waals surface area contributed by atoms with Gasteiger partial charge < -0.3 is 5.32 Å². The van der Waals surface area contributed by atoms with Crippen LogP contribution in [0.3, 0.4) is 0 Å². The lowest BCUT2D eigenvalue weighted by molar-refractivity contribution is 0.102. The highest BCUT2D eigenvalue weighted by molar-refractivity contribution is 7.94. The molecule has 25 heavy (non-hydrogen) atoms. The van der Waals surface area contributed by atoms with Crippen LogP contribution in [0.4, 0.5) is 11.4 Å². The largest absolute Gasteiger partial charge is 0.322 e. The zero-order valence-electron chi connectivity index (χ0n) is 12.8. The number of amides is 1. The lowest BCUT2D eigenvalue weighted by atomic mass is 10.2. The zero-order chi connectivity index (χ0) is 17.9. The van der Waals surface area contributed by atoms with Gasteiger partial charge in [0.25, 0.3) is 15.9 Å². The van der Waals surface area contributed by atoms with Gasteiger partial charge in [0.15, 0.2) is 0 Å². The molecule has 0 aliphatic heterocycles. The summed E-state index contributed by atoms with van der Waals surface area (Å²) >= 11 is 7.01. The summed E-state index contributed by atoms with van der Waals surface area (Å²) in [4.78, 5) is 12.3. The van der Waals surface area contributed by atoms with Crippen molar-refractivity contribution in [3.05, 3.63) is 76.6 Å². The Bertz CT molecular complexity index is 1000. The standard InChI is InChI=1S/C17H13ClN2O3S2/c18-13-5-2-6-14(11-13)19-17(21)12-4-1-7-15(10-12)20-25(22,23)16-8-3-9-24-16/h1-11,20H,(H,19,21). The lowest BCUT2D eigenvalue weighted by Crippen LogP contribution is -2.14. The normalized spacial score (nSPS) is 11.1. The Kier molecular flexibility index (Phi) is 5.08. The van der Waals surface area contributed by atoms with Crippen LogP contribution >= 0.6 is 22.9 Å². The van der Waals surface area contributed by atoms with Crippen LogP contribution in [0.2, 0.25) is 5.02 Å². The van der Waals surface area contributed by atoms with Gasteiger partial charge in [0.2, 0.25) is 0 Å². The van der Waals surface area contributed by atoms with Gasteiger partial charge in [-0.1, -0.05) is 29.8 Å². The van der Waals surface area contributed by atoms with Gasteiger partial charge in [0.1, 0.15) is 4.21 Å². The summed E-state index contributed by atoms with van der Waals surface area (Å²) in [6.45, 7) is 0. The molecule has 3 rings (SSSR count). The molecule has 0 aliphatic carbocycles. The summed E-state index contributed by atoms with van der Waals surface area (Å²) in [6.07, 6.45) is 0. The Labute approximate surface area is 154 Å². The number of sulfonamides is 1. The van der Waals surface area contributed by atoms with E-state index >= 15 is 0 Å². The molecule has 1 heterocycles. The van der Waals surface area contributed by atoms with Gasteiger partial charge in [-0.15, -0.1) is 11.3 Å². The molecule has 0 atom stereocenters. The van der Waals surface area contributed by atoms with Gasteiger partial charge in [-0.05, 0) is 47.8 Å². The van der Waals surface area contributed by atoms with E-state index < -0.39 is 10.0 Å². The van der Waals surface area contributed by atoms with Crippen LogP contribution in [0.15, 0.2) is 70.3 Å². The Morgan fingerprint density at radius 3 is 2.44 bits per heavy atom. The predicted molar refractivity (Wildman–Crippen MR) is 101 cm³/mol. The number of rotatable bonds is 5. The number of anilines is 2. The maximum atomic E-state index is 12.3. The van der Waals surface area contributed by atoms with Gasteiger partial charge in [0, 0.05) is 22.0 Å². The fourth-order valence-corrected chi connectivity index (χ4v) is 4.35. The van der Waals surface area contributed by atoms with Gasteiger partial charge in [0.05, 0.1) is 0 Å². The SMILES string of the molecule is O=C(Nc1cccc(Cl)c1)c1cccc(NS(=O)(=O)c2cccs2)c1. The molecule has 0 saturated carbocycles. The van der Waals surface area contributed by atoms with Crippen molar-refractivity contribution < 1.29 is 13.2 Å². The Morgan fingerprint density at radius 2 is 1.72 bits per heavy atom. The number of halogens is 1. The molecule has 2 aromatic carbocycles. The Balaban J connectivity index is 1.78. The van der Waals surface area contributed by atoms with Crippen LogP contribution in [0, 0.1) is 0 Å². The van der Waals surface area contributed by atoms with E-state index in [0.717, 1.165) is 11.3 Å². The topological polar surface area (TPSA) is 75.3 Å². The third kappa shape index (κ3) is 4.39. The fourth-order valence-electron chi connectivity index (χ4n) is 2.12. The second-order valence-electron chi connectivity index (χ2n) is 5.08. The van der Waals surface area contributed by atoms with Crippen molar-refractivity contribution in [1.82, 2.24) is 0 Å². The van der Waals surface area contributed by atoms with Gasteiger partial charge in [-0.2, -0.15) is 0 Å². The molecule has 0 fully saturated rings. The maximum absolute atomic E-state index is 12.3. The fraction of sp³-hybridized carbons (Fsp3) is 0. The van der Waals surface area contributed by atoms with Crippen molar-refractivity contribution in [1.29, 1.82) is 0 Å². The number of carbonyl (C=O) groups excluding carboxylic acids is 1. The molecule has 0 saturated heterocycles. The number of nitrogens with one attached hydrogen (secondary N) is 2. The quantitative estimate of drug-likeness (QED) is 0.673. The predicted octanol–water partition coefficient (Wildman–Crippen LogP) is 4.45. The minimum atomic E-state index is -3.66. The van der Waals surface area contributed by atoms with Crippen LogP contribution in [-0.2, 0) is 10.0 Å². The number of hydrogen-bond donors (Lipinski definition) is 2. The number of benzene rings is 2. The van der Waals surface area contributed by atoms with Crippen LogP contribution in [0.5, 0.6) is 0 Å². The number of thiophene rings is 1. The van der Waals surface area contributed by atoms with Crippen LogP contribution in [0.1, 0.15) is 10.4 Å². The highest BCUT2D eigenvalue weighted by Crippen LogP contribution is 2.21. The number of carbonyl (C=O) groups is 1. The Hall–Kier alpha value is -2.35. The van der Waals surface area contributed by atoms with Crippen LogP contribution < -0.4 is 10.0 Å². The summed E-state index contributed by atoms with van der Waals surface area (Å²) < 4.78 is 27.2. The lowest BCUT2D eigenvalue weighted by Gasteiger charge is -2.09. The molecule has 5 nitrogen and oxygen atoms in total. The molecule has 8 heteroatoms. The molecular weight excluding hydrogens is 380 g/mol. The zero-order valence-corrected chi connectivity index (χ0v) is 15.2. The summed E-state index contributed by atoms with van der Waals surface area (Å²) in [5.74, 6) is -0.362. The van der Waals surface area contributed by atoms with E-state index in [0.29, 0.717) is 22.0 Å². The average molecular weight is 393 g/mol. The van der Waals surface area contributed by atoms with Gasteiger partial charge in [-0.3, -0.25) is 9.52 Å². The summed E-state index contributed by atoms with van der Waals surface area (Å²) in [5.41, 5.74) is 1.19. The molecule has 0 aliphatic rings. The third-order valence-electron chi connectivity index (χ3n) is 3.22. The molecule has 0 radical (unpaired) electrons. The highest BCUT2D eigenvalue weighted by atomic mass is 35.5. The molecule has 2 N–H and O–H groups in total. The van der Waals surface area contributed by atoms with Crippen molar-refractivity contribution in [3.63, 3.8) is 0 Å². The molecule has 1 amide bonds. The van der Waals surface area contributed by atoms with Gasteiger partial charge in [-0.25, -0.2) is 8.42 Å². The molecule has 3 aromatic rings. The van der Waals surface area contributed by atoms with Gasteiger partial charge >= 0.3 is 0 Å². The van der Waals surface area contributed by atoms with E-state index in [9.17, 15) is 13.2 Å². The molecular formula is C17H13ClN2O3S2. The summed E-state index contributed by atoms with van der Waals surface area (Å²) in [7, 11) is -3.66. The van der Waals surface area contributed by atoms with E-state index in [1.165, 1.54) is 12.1 Å². The summed E-state index contributed by atoms with van der Waals surface area (Å²) in [5, 5.41) is 4.91. The second kappa shape index (κ2) is 7.26. The Morgan fingerprint density at radius 1 is 0.960 bits per heavy atom. The highest BCUT2D eigenvalue weighted by Gasteiger charge is 2.16. The van der Waals surface area contributed by atoms with E-state index in [2.05, 4.69) is 10.0 Å². The van der Waals surface area contributed by atoms with E-state index in [1.54, 1.807) is 53.9 Å². The summed E-state index contributed by atoms with van der Waals surface area (Å²) in [6, 6.07) is 16.2. The second-order valence-corrected chi connectivity index (χ2v) is 8.38. The van der Waals surface area contributed by atoms with Crippen molar-refractivity contribution in [2.45, 2.75) is 4.21 Å². The van der Waals surface area contributed by atoms with Crippen molar-refractivity contribution in [2.24, 2.45) is 0 Å². The van der Waals surface area contributed by atoms with Crippen molar-refractivity contribution >= 4 is 50.2 Å². The van der Waals surface area contributed by atoms with E-state index in [1.807, 2.05) is 0 Å². The molecule has 0 bridgehead atoms. The van der Waals surface area contributed by atoms with Crippen molar-refractivity contribution in [3.8, 4) is 0 Å². The molecule has 0 spiro atoms. The van der Waals surface area contributed by atoms with Crippen molar-refractivity contribution in [2.75, 3.05) is 10.0 Å². The molecule has 128 valence electrons. The minimum absolute atomic E-state index is 0.210. The first-order chi connectivity index (χ1) is 11.9. The monoisotopic (exact) mass is 392 g/mol. The first-order valence-corrected chi connectivity index (χ1v) is 9.91. The molecule has 1 aromatic heterocycles. The average Bonchev–Trinajstić information content (AvgIpc) is 3.10. The molecule has 0 unspecified atom stereocenters. The number of hydrogen-bond acceptors (Lipinski definition) is 4. The maximum Gasteiger partial charge on any atom is 0.271 e. The first kappa shape index (κ1) is 17.5. The smallest absolute Gasteiger partial charge is 0.271 e.